The van der Waals surface area contributed by atoms with Crippen LogP contribution in [0.4, 0.5) is 0 Å². The maximum atomic E-state index is 13.6. The van der Waals surface area contributed by atoms with Gasteiger partial charge in [-0.2, -0.15) is 0 Å². The molecular formula is C27H21ClN4O2. The topological polar surface area (TPSA) is 76.9 Å². The minimum absolute atomic E-state index is 0.241. The summed E-state index contributed by atoms with van der Waals surface area (Å²) >= 11 is 6.39. The third-order valence-electron chi connectivity index (χ3n) is 5.89. The summed E-state index contributed by atoms with van der Waals surface area (Å²) in [5, 5.41) is 5.37. The summed E-state index contributed by atoms with van der Waals surface area (Å²) in [6.45, 7) is 3.63. The number of benzene rings is 2. The first-order valence-corrected chi connectivity index (χ1v) is 11.2. The highest BCUT2D eigenvalue weighted by Crippen LogP contribution is 2.26. The molecule has 7 heteroatoms. The summed E-state index contributed by atoms with van der Waals surface area (Å²) < 4.78 is 1.60. The third-order valence-corrected chi connectivity index (χ3v) is 6.21. The molecule has 0 saturated heterocycles. The third kappa shape index (κ3) is 3.72. The van der Waals surface area contributed by atoms with Gasteiger partial charge in [-0.15, -0.1) is 0 Å². The van der Waals surface area contributed by atoms with Crippen molar-refractivity contribution in [2.24, 2.45) is 0 Å². The molecule has 1 N–H and O–H groups in total. The van der Waals surface area contributed by atoms with Gasteiger partial charge in [-0.25, -0.2) is 0 Å². The van der Waals surface area contributed by atoms with Crippen molar-refractivity contribution in [2.45, 2.75) is 19.9 Å². The Morgan fingerprint density at radius 3 is 2.56 bits per heavy atom. The maximum Gasteiger partial charge on any atom is 0.264 e. The van der Waals surface area contributed by atoms with Crippen LogP contribution in [-0.2, 0) is 0 Å². The monoisotopic (exact) mass is 468 g/mol. The van der Waals surface area contributed by atoms with Crippen LogP contribution in [0.25, 0.3) is 27.4 Å². The average Bonchev–Trinajstić information content (AvgIpc) is 2.84. The Labute approximate surface area is 200 Å². The van der Waals surface area contributed by atoms with Crippen LogP contribution in [0.5, 0.6) is 0 Å². The molecule has 0 radical (unpaired) electrons. The quantitative estimate of drug-likeness (QED) is 0.384. The van der Waals surface area contributed by atoms with Crippen LogP contribution in [0, 0.1) is 6.92 Å². The molecule has 1 amide bonds. The van der Waals surface area contributed by atoms with Gasteiger partial charge in [0.25, 0.3) is 11.5 Å². The normalized spacial score (nSPS) is 12.1. The minimum atomic E-state index is -0.498. The van der Waals surface area contributed by atoms with Gasteiger partial charge in [0.15, 0.2) is 0 Å². The molecule has 0 spiro atoms. The van der Waals surface area contributed by atoms with Crippen molar-refractivity contribution >= 4 is 39.2 Å². The van der Waals surface area contributed by atoms with Crippen molar-refractivity contribution in [1.29, 1.82) is 0 Å². The lowest BCUT2D eigenvalue weighted by molar-refractivity contribution is 0.0939. The van der Waals surface area contributed by atoms with Gasteiger partial charge < -0.3 is 5.32 Å². The van der Waals surface area contributed by atoms with E-state index in [1.807, 2.05) is 61.5 Å². The molecule has 5 rings (SSSR count). The van der Waals surface area contributed by atoms with E-state index in [9.17, 15) is 9.59 Å². The highest BCUT2D eigenvalue weighted by molar-refractivity contribution is 6.35. The van der Waals surface area contributed by atoms with Crippen LogP contribution in [0.3, 0.4) is 0 Å². The molecule has 3 aromatic heterocycles. The summed E-state index contributed by atoms with van der Waals surface area (Å²) in [7, 11) is 0. The van der Waals surface area contributed by atoms with Crippen LogP contribution in [0.2, 0.25) is 5.02 Å². The van der Waals surface area contributed by atoms with Gasteiger partial charge in [-0.3, -0.25) is 24.1 Å². The van der Waals surface area contributed by atoms with Crippen molar-refractivity contribution in [3.8, 4) is 5.69 Å². The average molecular weight is 469 g/mol. The second-order valence-corrected chi connectivity index (χ2v) is 8.51. The summed E-state index contributed by atoms with van der Waals surface area (Å²) in [5.74, 6) is -0.306. The van der Waals surface area contributed by atoms with Crippen LogP contribution in [-0.4, -0.2) is 20.4 Å². The van der Waals surface area contributed by atoms with Crippen LogP contribution in [0.1, 0.15) is 34.7 Å². The van der Waals surface area contributed by atoms with Crippen LogP contribution < -0.4 is 10.9 Å². The second kappa shape index (κ2) is 8.72. The minimum Gasteiger partial charge on any atom is -0.344 e. The number of aryl methyl sites for hydroxylation is 1. The first-order chi connectivity index (χ1) is 16.5. The fourth-order valence-electron chi connectivity index (χ4n) is 4.25. The first-order valence-electron chi connectivity index (χ1n) is 10.9. The Morgan fingerprint density at radius 2 is 1.76 bits per heavy atom. The molecule has 0 fully saturated rings. The number of nitrogens with zero attached hydrogens (tertiary/aromatic N) is 3. The van der Waals surface area contributed by atoms with E-state index < -0.39 is 6.04 Å². The summed E-state index contributed by atoms with van der Waals surface area (Å²) in [6.07, 6.45) is 3.36. The number of amides is 1. The molecule has 168 valence electrons. The van der Waals surface area contributed by atoms with E-state index in [0.29, 0.717) is 44.0 Å². The van der Waals surface area contributed by atoms with Gasteiger partial charge in [0.2, 0.25) is 0 Å². The number of carbonyl (C=O) groups excluding carboxylic acids is 1. The summed E-state index contributed by atoms with van der Waals surface area (Å²) in [5.41, 5.74) is 2.68. The van der Waals surface area contributed by atoms with Crippen molar-refractivity contribution in [3.63, 3.8) is 0 Å². The molecule has 2 aromatic carbocycles. The zero-order chi connectivity index (χ0) is 23.8. The van der Waals surface area contributed by atoms with E-state index in [1.165, 1.54) is 0 Å². The fourth-order valence-corrected chi connectivity index (χ4v) is 4.51. The molecule has 0 bridgehead atoms. The molecule has 0 unspecified atom stereocenters. The van der Waals surface area contributed by atoms with E-state index in [2.05, 4.69) is 15.3 Å². The van der Waals surface area contributed by atoms with Crippen LogP contribution in [0.15, 0.2) is 83.9 Å². The van der Waals surface area contributed by atoms with Gasteiger partial charge in [-0.05, 0) is 55.6 Å². The zero-order valence-corrected chi connectivity index (χ0v) is 19.4. The molecule has 1 atom stereocenters. The standard InChI is InChI=1S/C27H21ClN4O2/c1-16(31-26(33)23-17(2)30-15-19-9-7-13-29-25(19)23)22-14-18-8-6-12-21(28)24(18)27(34)32(22)20-10-4-3-5-11-20/h3-16H,1-2H3,(H,31,33)/t16-/m0/s1. The number of carbonyl (C=O) groups is 1. The summed E-state index contributed by atoms with van der Waals surface area (Å²) in [4.78, 5) is 35.8. The number of hydrogen-bond donors (Lipinski definition) is 1. The molecular weight excluding hydrogens is 448 g/mol. The Bertz CT molecular complexity index is 1610. The predicted octanol–water partition coefficient (Wildman–Crippen LogP) is 5.39. The van der Waals surface area contributed by atoms with Gasteiger partial charge in [0, 0.05) is 29.2 Å². The smallest absolute Gasteiger partial charge is 0.264 e. The van der Waals surface area contributed by atoms with E-state index in [0.717, 1.165) is 5.39 Å². The van der Waals surface area contributed by atoms with E-state index in [-0.39, 0.29) is 11.5 Å². The zero-order valence-electron chi connectivity index (χ0n) is 18.6. The van der Waals surface area contributed by atoms with Crippen molar-refractivity contribution in [2.75, 3.05) is 0 Å². The number of fused-ring (bicyclic) bond motifs is 2. The number of nitrogens with one attached hydrogen (secondary N) is 1. The van der Waals surface area contributed by atoms with Gasteiger partial charge in [0.05, 0.1) is 33.2 Å². The molecule has 6 nitrogen and oxygen atoms in total. The number of para-hydroxylation sites is 1. The molecule has 0 saturated carbocycles. The molecule has 0 aliphatic heterocycles. The number of rotatable bonds is 4. The highest BCUT2D eigenvalue weighted by Gasteiger charge is 2.22. The van der Waals surface area contributed by atoms with Crippen molar-refractivity contribution < 1.29 is 4.79 Å². The Kier molecular flexibility index (Phi) is 5.59. The largest absolute Gasteiger partial charge is 0.344 e. The van der Waals surface area contributed by atoms with E-state index >= 15 is 0 Å². The molecule has 34 heavy (non-hydrogen) atoms. The first kappa shape index (κ1) is 21.8. The number of aromatic nitrogens is 3. The molecule has 3 heterocycles. The summed E-state index contributed by atoms with van der Waals surface area (Å²) in [6, 6.07) is 19.7. The van der Waals surface area contributed by atoms with Gasteiger partial charge >= 0.3 is 0 Å². The second-order valence-electron chi connectivity index (χ2n) is 8.10. The number of hydrogen-bond acceptors (Lipinski definition) is 4. The SMILES string of the molecule is Cc1ncc2cccnc2c1C(=O)N[C@@H](C)c1cc2cccc(Cl)c2c(=O)n1-c1ccccc1. The van der Waals surface area contributed by atoms with E-state index in [1.54, 1.807) is 36.0 Å². The number of pyridine rings is 3. The number of halogens is 1. The molecule has 0 aliphatic carbocycles. The Morgan fingerprint density at radius 1 is 1.00 bits per heavy atom. The van der Waals surface area contributed by atoms with E-state index in [4.69, 9.17) is 11.6 Å². The Balaban J connectivity index is 1.65. The van der Waals surface area contributed by atoms with Crippen molar-refractivity contribution in [1.82, 2.24) is 19.9 Å². The lowest BCUT2D eigenvalue weighted by Gasteiger charge is -2.21. The highest BCUT2D eigenvalue weighted by atomic mass is 35.5. The lowest BCUT2D eigenvalue weighted by Crippen LogP contribution is -2.32. The molecule has 5 aromatic rings. The maximum absolute atomic E-state index is 13.6. The lowest BCUT2D eigenvalue weighted by atomic mass is 10.1. The van der Waals surface area contributed by atoms with Crippen LogP contribution >= 0.6 is 11.6 Å². The fraction of sp³-hybridized carbons (Fsp3) is 0.111. The Hall–Kier alpha value is -4.03. The predicted molar refractivity (Wildman–Crippen MR) is 135 cm³/mol. The van der Waals surface area contributed by atoms with Gasteiger partial charge in [-0.1, -0.05) is 41.9 Å². The van der Waals surface area contributed by atoms with Gasteiger partial charge in [0.1, 0.15) is 0 Å². The van der Waals surface area contributed by atoms with Crippen molar-refractivity contribution in [3.05, 3.63) is 111 Å². The molecule has 0 aliphatic rings.